The van der Waals surface area contributed by atoms with Crippen LogP contribution in [0.25, 0.3) is 5.69 Å². The minimum atomic E-state index is 0. The minimum Gasteiger partial charge on any atom is -0.356 e. The number of guanidine groups is 1. The van der Waals surface area contributed by atoms with Gasteiger partial charge in [0.2, 0.25) is 0 Å². The Bertz CT molecular complexity index is 844. The van der Waals surface area contributed by atoms with E-state index in [9.17, 15) is 0 Å². The van der Waals surface area contributed by atoms with Crippen LogP contribution in [0.4, 0.5) is 0 Å². The highest BCUT2D eigenvalue weighted by Crippen LogP contribution is 2.13. The van der Waals surface area contributed by atoms with E-state index >= 15 is 0 Å². The Morgan fingerprint density at radius 1 is 1.26 bits per heavy atom. The van der Waals surface area contributed by atoms with Gasteiger partial charge < -0.3 is 10.6 Å². The van der Waals surface area contributed by atoms with Crippen molar-refractivity contribution >= 4 is 41.3 Å². The van der Waals surface area contributed by atoms with Gasteiger partial charge in [-0.2, -0.15) is 5.10 Å². The third-order valence-electron chi connectivity index (χ3n) is 3.94. The zero-order valence-corrected chi connectivity index (χ0v) is 18.7. The third-order valence-corrected chi connectivity index (χ3v) is 5.15. The summed E-state index contributed by atoms with van der Waals surface area (Å²) in [5, 5.41) is 12.1. The van der Waals surface area contributed by atoms with Gasteiger partial charge in [0.15, 0.2) is 5.96 Å². The smallest absolute Gasteiger partial charge is 0.191 e. The van der Waals surface area contributed by atoms with Gasteiger partial charge in [-0.1, -0.05) is 19.1 Å². The van der Waals surface area contributed by atoms with E-state index in [1.807, 2.05) is 35.3 Å². The van der Waals surface area contributed by atoms with Gasteiger partial charge >= 0.3 is 0 Å². The number of aryl methyl sites for hydroxylation is 1. The molecule has 0 aliphatic heterocycles. The van der Waals surface area contributed by atoms with E-state index in [0.717, 1.165) is 36.0 Å². The number of hydrogen-bond donors (Lipinski definition) is 2. The first-order valence-electron chi connectivity index (χ1n) is 8.75. The predicted molar refractivity (Wildman–Crippen MR) is 122 cm³/mol. The molecule has 0 unspecified atom stereocenters. The Morgan fingerprint density at radius 2 is 2.15 bits per heavy atom. The lowest BCUT2D eigenvalue weighted by Gasteiger charge is -2.12. The number of nitrogens with one attached hydrogen (secondary N) is 2. The fourth-order valence-electron chi connectivity index (χ4n) is 2.55. The minimum absolute atomic E-state index is 0. The van der Waals surface area contributed by atoms with E-state index in [2.05, 4.69) is 44.8 Å². The molecule has 27 heavy (non-hydrogen) atoms. The van der Waals surface area contributed by atoms with Crippen LogP contribution in [0.2, 0.25) is 0 Å². The topological polar surface area (TPSA) is 67.1 Å². The second-order valence-electron chi connectivity index (χ2n) is 5.80. The molecule has 8 heteroatoms. The summed E-state index contributed by atoms with van der Waals surface area (Å²) in [7, 11) is 1.79. The number of hydrogen-bond acceptors (Lipinski definition) is 4. The summed E-state index contributed by atoms with van der Waals surface area (Å²) in [5.41, 5.74) is 2.22. The van der Waals surface area contributed by atoms with Gasteiger partial charge in [0.05, 0.1) is 10.7 Å². The highest BCUT2D eigenvalue weighted by Gasteiger charge is 2.03. The van der Waals surface area contributed by atoms with Crippen molar-refractivity contribution in [2.75, 3.05) is 13.6 Å². The summed E-state index contributed by atoms with van der Waals surface area (Å²) in [6, 6.07) is 10.2. The average Bonchev–Trinajstić information content (AvgIpc) is 3.36. The van der Waals surface area contributed by atoms with E-state index in [1.165, 1.54) is 10.4 Å². The molecule has 0 atom stereocenters. The summed E-state index contributed by atoms with van der Waals surface area (Å²) >= 11 is 1.78. The fourth-order valence-corrected chi connectivity index (χ4v) is 3.41. The van der Waals surface area contributed by atoms with Gasteiger partial charge in [0.25, 0.3) is 0 Å². The second-order valence-corrected chi connectivity index (χ2v) is 7.00. The maximum atomic E-state index is 4.45. The molecule has 2 heterocycles. The molecule has 1 aromatic carbocycles. The lowest BCUT2D eigenvalue weighted by atomic mass is 10.2. The van der Waals surface area contributed by atoms with Crippen molar-refractivity contribution in [3.05, 3.63) is 64.4 Å². The van der Waals surface area contributed by atoms with Crippen LogP contribution in [0.3, 0.4) is 0 Å². The highest BCUT2D eigenvalue weighted by atomic mass is 127. The SMILES string of the molecule is CCc1cnc(CCNC(=NC)NCc2cccc(-n3cccn3)c2)s1.I. The molecule has 3 rings (SSSR count). The number of aromatic nitrogens is 3. The Kier molecular flexibility index (Phi) is 8.73. The zero-order valence-electron chi connectivity index (χ0n) is 15.6. The molecule has 2 aromatic heterocycles. The molecule has 0 bridgehead atoms. The molecular weight excluding hydrogens is 471 g/mol. The van der Waals surface area contributed by atoms with Crippen molar-refractivity contribution in [3.8, 4) is 5.69 Å². The molecular formula is C19H25IN6S. The molecule has 3 aromatic rings. The molecule has 0 radical (unpaired) electrons. The number of nitrogens with zero attached hydrogens (tertiary/aromatic N) is 4. The summed E-state index contributed by atoms with van der Waals surface area (Å²) in [5.74, 6) is 0.793. The zero-order chi connectivity index (χ0) is 18.2. The van der Waals surface area contributed by atoms with Crippen LogP contribution in [-0.2, 0) is 19.4 Å². The summed E-state index contributed by atoms with van der Waals surface area (Å²) < 4.78 is 1.86. The van der Waals surface area contributed by atoms with Crippen molar-refractivity contribution in [2.24, 2.45) is 4.99 Å². The number of thiazole rings is 1. The second kappa shape index (κ2) is 11.0. The first-order chi connectivity index (χ1) is 12.8. The average molecular weight is 496 g/mol. The largest absolute Gasteiger partial charge is 0.356 e. The molecule has 6 nitrogen and oxygen atoms in total. The van der Waals surface area contributed by atoms with Crippen LogP contribution in [0, 0.1) is 0 Å². The highest BCUT2D eigenvalue weighted by molar-refractivity contribution is 14.0. The summed E-state index contributed by atoms with van der Waals surface area (Å²) in [6.45, 7) is 3.67. The van der Waals surface area contributed by atoms with Gasteiger partial charge in [-0.15, -0.1) is 35.3 Å². The van der Waals surface area contributed by atoms with Crippen molar-refractivity contribution in [1.82, 2.24) is 25.4 Å². The number of halogens is 1. The molecule has 0 saturated heterocycles. The predicted octanol–water partition coefficient (Wildman–Crippen LogP) is 3.42. The van der Waals surface area contributed by atoms with Crippen LogP contribution in [0.5, 0.6) is 0 Å². The molecule has 0 amide bonds. The fraction of sp³-hybridized carbons (Fsp3) is 0.316. The molecule has 0 fully saturated rings. The third kappa shape index (κ3) is 6.31. The molecule has 0 aliphatic carbocycles. The molecule has 0 aliphatic rings. The van der Waals surface area contributed by atoms with Crippen LogP contribution >= 0.6 is 35.3 Å². The van der Waals surface area contributed by atoms with Crippen molar-refractivity contribution < 1.29 is 0 Å². The Hall–Kier alpha value is -1.94. The lowest BCUT2D eigenvalue weighted by molar-refractivity contribution is 0.790. The molecule has 0 saturated carbocycles. The van der Waals surface area contributed by atoms with Gasteiger partial charge in [-0.25, -0.2) is 9.67 Å². The first-order valence-corrected chi connectivity index (χ1v) is 9.57. The molecule has 2 N–H and O–H groups in total. The van der Waals surface area contributed by atoms with Crippen molar-refractivity contribution in [3.63, 3.8) is 0 Å². The van der Waals surface area contributed by atoms with Crippen molar-refractivity contribution in [1.29, 1.82) is 0 Å². The van der Waals surface area contributed by atoms with E-state index in [-0.39, 0.29) is 24.0 Å². The van der Waals surface area contributed by atoms with Gasteiger partial charge in [-0.3, -0.25) is 4.99 Å². The maximum absolute atomic E-state index is 4.45. The normalized spacial score (nSPS) is 11.1. The van der Waals surface area contributed by atoms with E-state index in [0.29, 0.717) is 6.54 Å². The molecule has 0 spiro atoms. The quantitative estimate of drug-likeness (QED) is 0.299. The Balaban J connectivity index is 0.00000261. The van der Waals surface area contributed by atoms with E-state index in [1.54, 1.807) is 24.6 Å². The van der Waals surface area contributed by atoms with Gasteiger partial charge in [-0.05, 0) is 30.2 Å². The van der Waals surface area contributed by atoms with Gasteiger partial charge in [0, 0.05) is 50.0 Å². The van der Waals surface area contributed by atoms with Crippen LogP contribution in [0.15, 0.2) is 53.9 Å². The Morgan fingerprint density at radius 3 is 2.85 bits per heavy atom. The molecule has 144 valence electrons. The lowest BCUT2D eigenvalue weighted by Crippen LogP contribution is -2.37. The number of benzene rings is 1. The van der Waals surface area contributed by atoms with E-state index in [4.69, 9.17) is 0 Å². The monoisotopic (exact) mass is 496 g/mol. The summed E-state index contributed by atoms with van der Waals surface area (Å²) in [4.78, 5) is 10.1. The first kappa shape index (κ1) is 21.4. The van der Waals surface area contributed by atoms with Crippen LogP contribution < -0.4 is 10.6 Å². The number of aliphatic imine (C=N–C) groups is 1. The van der Waals surface area contributed by atoms with Crippen LogP contribution in [-0.4, -0.2) is 34.3 Å². The van der Waals surface area contributed by atoms with Crippen molar-refractivity contribution in [2.45, 2.75) is 26.3 Å². The van der Waals surface area contributed by atoms with E-state index < -0.39 is 0 Å². The summed E-state index contributed by atoms with van der Waals surface area (Å²) in [6.07, 6.45) is 7.64. The number of rotatable bonds is 7. The Labute approximate surface area is 181 Å². The maximum Gasteiger partial charge on any atom is 0.191 e. The van der Waals surface area contributed by atoms with Crippen LogP contribution in [0.1, 0.15) is 22.4 Å². The standard InChI is InChI=1S/C19H24N6S.HI/c1-3-17-14-22-18(26-17)8-10-21-19(20-2)23-13-15-6-4-7-16(12-15)25-11-5-9-24-25;/h4-7,9,11-12,14H,3,8,10,13H2,1-2H3,(H2,20,21,23);1H. The van der Waals surface area contributed by atoms with Gasteiger partial charge in [0.1, 0.15) is 0 Å².